The average Bonchev–Trinajstić information content (AvgIpc) is 2.45. The van der Waals surface area contributed by atoms with Gasteiger partial charge in [-0.05, 0) is 18.6 Å². The lowest BCUT2D eigenvalue weighted by Crippen LogP contribution is -2.10. The zero-order valence-electron chi connectivity index (χ0n) is 11.6. The number of benzene rings is 1. The number of carbonyl (C=O) groups is 1. The average molecular weight is 268 g/mol. The fourth-order valence-corrected chi connectivity index (χ4v) is 1.60. The Morgan fingerprint density at radius 2 is 1.74 bits per heavy atom. The van der Waals surface area contributed by atoms with Crippen molar-refractivity contribution in [3.63, 3.8) is 0 Å². The molecular formula is C14H20O5. The largest absolute Gasteiger partial charge is 0.496 e. The Morgan fingerprint density at radius 1 is 1.11 bits per heavy atom. The highest BCUT2D eigenvalue weighted by Gasteiger charge is 2.20. The van der Waals surface area contributed by atoms with Crippen molar-refractivity contribution in [2.75, 3.05) is 20.8 Å². The van der Waals surface area contributed by atoms with Crippen LogP contribution < -0.4 is 9.47 Å². The maximum Gasteiger partial charge on any atom is 0.380 e. The van der Waals surface area contributed by atoms with E-state index in [4.69, 9.17) is 19.2 Å². The molecule has 0 spiro atoms. The molecule has 0 bridgehead atoms. The van der Waals surface area contributed by atoms with Crippen molar-refractivity contribution >= 4 is 5.97 Å². The first kappa shape index (κ1) is 15.3. The predicted octanol–water partition coefficient (Wildman–Crippen LogP) is 2.98. The van der Waals surface area contributed by atoms with E-state index >= 15 is 0 Å². The fraction of sp³-hybridized carbons (Fsp3) is 0.500. The Kier molecular flexibility index (Phi) is 6.74. The molecule has 0 radical (unpaired) electrons. The Labute approximate surface area is 113 Å². The van der Waals surface area contributed by atoms with Gasteiger partial charge in [0.1, 0.15) is 17.1 Å². The number of carbonyl (C=O) groups excluding carboxylic acids is 1. The Hall–Kier alpha value is -1.75. The number of methoxy groups -OCH3 is 2. The third-order valence-electron chi connectivity index (χ3n) is 2.60. The quantitative estimate of drug-likeness (QED) is 0.412. The summed E-state index contributed by atoms with van der Waals surface area (Å²) in [6.45, 7) is 2.47. The van der Waals surface area contributed by atoms with Crippen molar-refractivity contribution in [2.45, 2.75) is 26.2 Å². The molecule has 19 heavy (non-hydrogen) atoms. The zero-order valence-corrected chi connectivity index (χ0v) is 11.6. The van der Waals surface area contributed by atoms with E-state index in [-0.39, 0.29) is 5.56 Å². The highest BCUT2D eigenvalue weighted by atomic mass is 17.2. The second kappa shape index (κ2) is 8.37. The lowest BCUT2D eigenvalue weighted by Gasteiger charge is -2.11. The van der Waals surface area contributed by atoms with Crippen LogP contribution in [0.5, 0.6) is 11.5 Å². The minimum Gasteiger partial charge on any atom is -0.496 e. The molecule has 5 heteroatoms. The molecule has 106 valence electrons. The second-order valence-corrected chi connectivity index (χ2v) is 3.94. The summed E-state index contributed by atoms with van der Waals surface area (Å²) in [5, 5.41) is 0. The van der Waals surface area contributed by atoms with E-state index in [0.29, 0.717) is 18.1 Å². The highest BCUT2D eigenvalue weighted by molar-refractivity contribution is 5.95. The molecule has 0 N–H and O–H groups in total. The van der Waals surface area contributed by atoms with Crippen LogP contribution in [0.4, 0.5) is 0 Å². The molecule has 0 saturated heterocycles. The summed E-state index contributed by atoms with van der Waals surface area (Å²) in [5.41, 5.74) is 0.225. The third-order valence-corrected chi connectivity index (χ3v) is 2.60. The number of ether oxygens (including phenoxy) is 2. The van der Waals surface area contributed by atoms with E-state index in [0.717, 1.165) is 19.3 Å². The smallest absolute Gasteiger partial charge is 0.380 e. The number of unbranched alkanes of at least 4 members (excludes halogenated alkanes) is 2. The number of hydrogen-bond acceptors (Lipinski definition) is 5. The molecule has 0 amide bonds. The van der Waals surface area contributed by atoms with Gasteiger partial charge in [-0.25, -0.2) is 4.79 Å². The van der Waals surface area contributed by atoms with Crippen LogP contribution in [-0.2, 0) is 9.78 Å². The van der Waals surface area contributed by atoms with Gasteiger partial charge in [-0.3, -0.25) is 4.89 Å². The molecule has 0 aliphatic carbocycles. The van der Waals surface area contributed by atoms with E-state index in [1.165, 1.54) is 14.2 Å². The summed E-state index contributed by atoms with van der Waals surface area (Å²) in [5.74, 6) is 0.161. The Bertz CT molecular complexity index is 381. The molecule has 0 atom stereocenters. The number of hydrogen-bond donors (Lipinski definition) is 0. The summed E-state index contributed by atoms with van der Waals surface area (Å²) in [6.07, 6.45) is 2.97. The first-order chi connectivity index (χ1) is 9.24. The Balaban J connectivity index is 2.65. The summed E-state index contributed by atoms with van der Waals surface area (Å²) >= 11 is 0. The minimum atomic E-state index is -0.620. The Morgan fingerprint density at radius 3 is 2.26 bits per heavy atom. The van der Waals surface area contributed by atoms with Gasteiger partial charge in [0.05, 0.1) is 20.8 Å². The van der Waals surface area contributed by atoms with E-state index in [9.17, 15) is 4.79 Å². The maximum atomic E-state index is 11.9. The van der Waals surface area contributed by atoms with Crippen LogP contribution in [0.3, 0.4) is 0 Å². The molecule has 0 aliphatic rings. The topological polar surface area (TPSA) is 54.0 Å². The third kappa shape index (κ3) is 4.44. The van der Waals surface area contributed by atoms with Gasteiger partial charge in [0.2, 0.25) is 0 Å². The second-order valence-electron chi connectivity index (χ2n) is 3.94. The first-order valence-electron chi connectivity index (χ1n) is 6.29. The van der Waals surface area contributed by atoms with Crippen molar-refractivity contribution in [1.82, 2.24) is 0 Å². The van der Waals surface area contributed by atoms with Crippen LogP contribution in [0.25, 0.3) is 0 Å². The lowest BCUT2D eigenvalue weighted by molar-refractivity contribution is -0.241. The van der Waals surface area contributed by atoms with Gasteiger partial charge in [0.25, 0.3) is 0 Å². The van der Waals surface area contributed by atoms with Crippen LogP contribution in [0.1, 0.15) is 36.5 Å². The van der Waals surface area contributed by atoms with Crippen LogP contribution in [0.15, 0.2) is 18.2 Å². The van der Waals surface area contributed by atoms with Gasteiger partial charge in [-0.1, -0.05) is 25.8 Å². The predicted molar refractivity (Wildman–Crippen MR) is 70.4 cm³/mol. The summed E-state index contributed by atoms with van der Waals surface area (Å²) in [7, 11) is 2.96. The van der Waals surface area contributed by atoms with Crippen LogP contribution >= 0.6 is 0 Å². The van der Waals surface area contributed by atoms with Crippen molar-refractivity contribution < 1.29 is 24.0 Å². The summed E-state index contributed by atoms with van der Waals surface area (Å²) < 4.78 is 10.2. The lowest BCUT2D eigenvalue weighted by atomic mass is 10.2. The molecule has 5 nitrogen and oxygen atoms in total. The SMILES string of the molecule is CCCCCOOC(=O)c1c(OC)cccc1OC. The van der Waals surface area contributed by atoms with Crippen LogP contribution in [-0.4, -0.2) is 26.8 Å². The number of rotatable bonds is 8. The normalized spacial score (nSPS) is 10.1. The monoisotopic (exact) mass is 268 g/mol. The van der Waals surface area contributed by atoms with Gasteiger partial charge in [0.15, 0.2) is 0 Å². The van der Waals surface area contributed by atoms with Crippen molar-refractivity contribution in [1.29, 1.82) is 0 Å². The van der Waals surface area contributed by atoms with E-state index < -0.39 is 5.97 Å². The summed E-state index contributed by atoms with van der Waals surface area (Å²) in [6, 6.07) is 5.06. The van der Waals surface area contributed by atoms with Crippen LogP contribution in [0.2, 0.25) is 0 Å². The fourth-order valence-electron chi connectivity index (χ4n) is 1.60. The summed E-state index contributed by atoms with van der Waals surface area (Å²) in [4.78, 5) is 21.6. The minimum absolute atomic E-state index is 0.225. The molecule has 0 aromatic heterocycles. The molecule has 1 aromatic carbocycles. The van der Waals surface area contributed by atoms with Crippen molar-refractivity contribution in [2.24, 2.45) is 0 Å². The van der Waals surface area contributed by atoms with Gasteiger partial charge >= 0.3 is 5.97 Å². The molecule has 0 heterocycles. The molecular weight excluding hydrogens is 248 g/mol. The van der Waals surface area contributed by atoms with Crippen LogP contribution in [0, 0.1) is 0 Å². The first-order valence-corrected chi connectivity index (χ1v) is 6.29. The zero-order chi connectivity index (χ0) is 14.1. The standard InChI is InChI=1S/C14H20O5/c1-4-5-6-10-18-19-14(15)13-11(16-2)8-7-9-12(13)17-3/h7-9H,4-6,10H2,1-3H3. The van der Waals surface area contributed by atoms with E-state index in [1.807, 2.05) is 0 Å². The molecule has 0 aliphatic heterocycles. The highest BCUT2D eigenvalue weighted by Crippen LogP contribution is 2.28. The van der Waals surface area contributed by atoms with Crippen molar-refractivity contribution in [3.05, 3.63) is 23.8 Å². The molecule has 0 saturated carbocycles. The van der Waals surface area contributed by atoms with Gasteiger partial charge in [-0.2, -0.15) is 4.89 Å². The van der Waals surface area contributed by atoms with Gasteiger partial charge < -0.3 is 9.47 Å². The molecule has 0 fully saturated rings. The molecule has 1 aromatic rings. The van der Waals surface area contributed by atoms with E-state index in [2.05, 4.69) is 6.92 Å². The van der Waals surface area contributed by atoms with Crippen molar-refractivity contribution in [3.8, 4) is 11.5 Å². The van der Waals surface area contributed by atoms with E-state index in [1.54, 1.807) is 18.2 Å². The maximum absolute atomic E-state index is 11.9. The van der Waals surface area contributed by atoms with Gasteiger partial charge in [-0.15, -0.1) is 0 Å². The molecule has 0 unspecified atom stereocenters. The molecule has 1 rings (SSSR count). The van der Waals surface area contributed by atoms with Gasteiger partial charge in [0, 0.05) is 0 Å².